The molecule has 78 valence electrons. The van der Waals surface area contributed by atoms with E-state index in [9.17, 15) is 0 Å². The summed E-state index contributed by atoms with van der Waals surface area (Å²) in [7, 11) is 1.02. The lowest BCUT2D eigenvalue weighted by Gasteiger charge is -2.11. The maximum Gasteiger partial charge on any atom is 0.186 e. The highest BCUT2D eigenvalue weighted by atomic mass is 32.2. The van der Waals surface area contributed by atoms with E-state index in [1.165, 1.54) is 11.3 Å². The summed E-state index contributed by atoms with van der Waals surface area (Å²) >= 11 is 0. The molecule has 1 unspecified atom stereocenters. The summed E-state index contributed by atoms with van der Waals surface area (Å²) in [6.45, 7) is 0. The zero-order valence-electron chi connectivity index (χ0n) is 9.49. The Bertz CT molecular complexity index is 254. The molecular weight excluding hydrogens is 208 g/mol. The molecule has 1 aromatic carbocycles. The van der Waals surface area contributed by atoms with Gasteiger partial charge in [-0.25, -0.2) is 0 Å². The van der Waals surface area contributed by atoms with Crippen LogP contribution in [0.25, 0.3) is 0 Å². The number of benzene rings is 1. The van der Waals surface area contributed by atoms with E-state index in [1.54, 1.807) is 0 Å². The van der Waals surface area contributed by atoms with Crippen LogP contribution in [0.5, 0.6) is 0 Å². The molecule has 0 aliphatic carbocycles. The van der Waals surface area contributed by atoms with E-state index >= 15 is 0 Å². The number of rotatable bonds is 4. The minimum absolute atomic E-state index is 0.482. The summed E-state index contributed by atoms with van der Waals surface area (Å²) < 4.78 is 0. The fraction of sp³-hybridized carbons (Fsp3) is 0.500. The van der Waals surface area contributed by atoms with Gasteiger partial charge in [-0.3, -0.25) is 0 Å². The highest BCUT2D eigenvalue weighted by molar-refractivity contribution is 7.99. The Morgan fingerprint density at radius 1 is 1.00 bits per heavy atom. The molecule has 0 amide bonds. The maximum absolute atomic E-state index is 2.35. The van der Waals surface area contributed by atoms with Crippen LogP contribution in [0.3, 0.4) is 0 Å². The second-order valence-corrected chi connectivity index (χ2v) is 8.56. The summed E-state index contributed by atoms with van der Waals surface area (Å²) in [5.41, 5.74) is 1.52. The van der Waals surface area contributed by atoms with Crippen molar-refractivity contribution in [2.45, 2.75) is 5.25 Å². The average Bonchev–Trinajstić information content (AvgIpc) is 2.15. The van der Waals surface area contributed by atoms with Crippen LogP contribution in [0.2, 0.25) is 0 Å². The van der Waals surface area contributed by atoms with Gasteiger partial charge < -0.3 is 0 Å². The lowest BCUT2D eigenvalue weighted by Crippen LogP contribution is -2.19. The first kappa shape index (κ1) is 12.0. The summed E-state index contributed by atoms with van der Waals surface area (Å²) in [5.74, 6) is 1.33. The van der Waals surface area contributed by atoms with Crippen molar-refractivity contribution in [2.24, 2.45) is 0 Å². The van der Waals surface area contributed by atoms with Crippen LogP contribution < -0.4 is 0 Å². The van der Waals surface area contributed by atoms with Gasteiger partial charge in [0, 0.05) is 5.56 Å². The third-order valence-electron chi connectivity index (χ3n) is 2.23. The average molecular weight is 228 g/mol. The highest BCUT2D eigenvalue weighted by Gasteiger charge is 2.28. The van der Waals surface area contributed by atoms with Gasteiger partial charge in [-0.15, -0.1) is 0 Å². The van der Waals surface area contributed by atoms with Crippen LogP contribution in [0.1, 0.15) is 10.8 Å². The van der Waals surface area contributed by atoms with Gasteiger partial charge in [-0.2, -0.15) is 0 Å². The standard InChI is InChI=1S/C12H20S2/c1-13(2)10-12(14(3)4)11-8-6-5-7-9-11/h5-9,12H,10H2,1-4H3/q+2. The Morgan fingerprint density at radius 3 is 2.00 bits per heavy atom. The molecule has 0 spiro atoms. The minimum Gasteiger partial charge on any atom is -0.0622 e. The first-order chi connectivity index (χ1) is 6.61. The van der Waals surface area contributed by atoms with Gasteiger partial charge in [0.2, 0.25) is 0 Å². The van der Waals surface area contributed by atoms with Crippen molar-refractivity contribution in [3.05, 3.63) is 35.9 Å². The van der Waals surface area contributed by atoms with E-state index in [4.69, 9.17) is 0 Å². The fourth-order valence-corrected chi connectivity index (χ4v) is 4.88. The lowest BCUT2D eigenvalue weighted by molar-refractivity contribution is 1.10. The quantitative estimate of drug-likeness (QED) is 0.695. The van der Waals surface area contributed by atoms with E-state index in [-0.39, 0.29) is 0 Å². The Morgan fingerprint density at radius 2 is 1.57 bits per heavy atom. The van der Waals surface area contributed by atoms with E-state index in [0.717, 1.165) is 5.25 Å². The third kappa shape index (κ3) is 3.58. The molecule has 0 aromatic heterocycles. The van der Waals surface area contributed by atoms with Crippen molar-refractivity contribution in [1.82, 2.24) is 0 Å². The first-order valence-corrected chi connectivity index (χ1v) is 9.08. The summed E-state index contributed by atoms with van der Waals surface area (Å²) in [5, 5.41) is 0.759. The molecule has 1 aromatic rings. The first-order valence-electron chi connectivity index (χ1n) is 4.76. The summed E-state index contributed by atoms with van der Waals surface area (Å²) in [6, 6.07) is 10.9. The smallest absolute Gasteiger partial charge is 0.0622 e. The zero-order valence-corrected chi connectivity index (χ0v) is 11.1. The summed E-state index contributed by atoms with van der Waals surface area (Å²) in [4.78, 5) is 0. The molecule has 0 fully saturated rings. The molecule has 1 atom stereocenters. The fourth-order valence-electron chi connectivity index (χ4n) is 1.47. The van der Waals surface area contributed by atoms with E-state index in [1.807, 2.05) is 0 Å². The largest absolute Gasteiger partial charge is 0.186 e. The lowest BCUT2D eigenvalue weighted by atomic mass is 10.2. The molecular formula is C12H20S2+2. The van der Waals surface area contributed by atoms with Gasteiger partial charge in [0.25, 0.3) is 0 Å². The SMILES string of the molecule is C[S+](C)CC(c1ccccc1)[S+](C)C. The van der Waals surface area contributed by atoms with Crippen LogP contribution in [0.4, 0.5) is 0 Å². The molecule has 0 aliphatic heterocycles. The topological polar surface area (TPSA) is 0 Å². The van der Waals surface area contributed by atoms with Gasteiger partial charge in [0.05, 0.1) is 25.0 Å². The molecule has 0 saturated carbocycles. The van der Waals surface area contributed by atoms with E-state index < -0.39 is 0 Å². The van der Waals surface area contributed by atoms with Crippen molar-refractivity contribution in [1.29, 1.82) is 0 Å². The molecule has 0 aliphatic rings. The number of hydrogen-bond acceptors (Lipinski definition) is 0. The Hall–Kier alpha value is -0.0800. The third-order valence-corrected chi connectivity index (χ3v) is 5.01. The van der Waals surface area contributed by atoms with Gasteiger partial charge in [0.1, 0.15) is 0 Å². The number of hydrogen-bond donors (Lipinski definition) is 0. The van der Waals surface area contributed by atoms with Crippen LogP contribution in [-0.4, -0.2) is 30.8 Å². The van der Waals surface area contributed by atoms with Crippen molar-refractivity contribution >= 4 is 21.8 Å². The molecule has 0 radical (unpaired) electrons. The van der Waals surface area contributed by atoms with Gasteiger partial charge >= 0.3 is 0 Å². The monoisotopic (exact) mass is 228 g/mol. The van der Waals surface area contributed by atoms with E-state index in [0.29, 0.717) is 21.8 Å². The maximum atomic E-state index is 2.35. The highest BCUT2D eigenvalue weighted by Crippen LogP contribution is 2.23. The van der Waals surface area contributed by atoms with Crippen LogP contribution in [-0.2, 0) is 21.8 Å². The van der Waals surface area contributed by atoms with Crippen molar-refractivity contribution in [3.8, 4) is 0 Å². The molecule has 14 heavy (non-hydrogen) atoms. The molecule has 0 bridgehead atoms. The minimum atomic E-state index is 0.482. The van der Waals surface area contributed by atoms with Crippen molar-refractivity contribution < 1.29 is 0 Å². The molecule has 0 heterocycles. The molecule has 0 saturated heterocycles. The Balaban J connectivity index is 2.78. The normalized spacial score (nSPS) is 13.6. The predicted octanol–water partition coefficient (Wildman–Crippen LogP) is 2.48. The zero-order chi connectivity index (χ0) is 10.6. The summed E-state index contributed by atoms with van der Waals surface area (Å²) in [6.07, 6.45) is 9.38. The van der Waals surface area contributed by atoms with Crippen molar-refractivity contribution in [3.63, 3.8) is 0 Å². The molecule has 1 rings (SSSR count). The van der Waals surface area contributed by atoms with Crippen LogP contribution in [0.15, 0.2) is 30.3 Å². The van der Waals surface area contributed by atoms with Gasteiger partial charge in [0.15, 0.2) is 11.0 Å². The van der Waals surface area contributed by atoms with Gasteiger partial charge in [-0.05, 0) is 21.8 Å². The second kappa shape index (κ2) is 5.72. The van der Waals surface area contributed by atoms with Crippen LogP contribution in [0, 0.1) is 0 Å². The molecule has 0 N–H and O–H groups in total. The van der Waals surface area contributed by atoms with Crippen LogP contribution >= 0.6 is 0 Å². The Labute approximate surface area is 93.8 Å². The second-order valence-electron chi connectivity index (χ2n) is 3.93. The van der Waals surface area contributed by atoms with Crippen molar-refractivity contribution in [2.75, 3.05) is 30.8 Å². The Kier molecular flexibility index (Phi) is 4.90. The molecule has 0 nitrogen and oxygen atoms in total. The van der Waals surface area contributed by atoms with E-state index in [2.05, 4.69) is 55.4 Å². The molecule has 2 heteroatoms. The van der Waals surface area contributed by atoms with Gasteiger partial charge in [-0.1, -0.05) is 30.3 Å². The predicted molar refractivity (Wildman–Crippen MR) is 72.5 cm³/mol.